The minimum Gasteiger partial charge on any atom is -0.460 e. The molecule has 18 heavy (non-hydrogen) atoms. The Morgan fingerprint density at radius 2 is 1.83 bits per heavy atom. The van der Waals surface area contributed by atoms with Crippen molar-refractivity contribution >= 4 is 45.2 Å². The van der Waals surface area contributed by atoms with E-state index in [1.54, 1.807) is 0 Å². The van der Waals surface area contributed by atoms with Gasteiger partial charge in [0.25, 0.3) is 0 Å². The average molecular weight is 466 g/mol. The van der Waals surface area contributed by atoms with Crippen LogP contribution in [0.2, 0.25) is 0 Å². The van der Waals surface area contributed by atoms with Crippen LogP contribution in [-0.2, 0) is 12.8 Å². The van der Waals surface area contributed by atoms with Gasteiger partial charge in [0, 0.05) is 22.0 Å². The molecule has 1 aromatic heterocycles. The fourth-order valence-corrected chi connectivity index (χ4v) is 3.57. The normalized spacial score (nSPS) is 10.8. The van der Waals surface area contributed by atoms with Gasteiger partial charge in [0.2, 0.25) is 0 Å². The highest BCUT2D eigenvalue weighted by Gasteiger charge is 2.18. The summed E-state index contributed by atoms with van der Waals surface area (Å²) in [5.41, 5.74) is 2.59. The van der Waals surface area contributed by atoms with Gasteiger partial charge in [0.15, 0.2) is 0 Å². The Kier molecular flexibility index (Phi) is 5.54. The van der Waals surface area contributed by atoms with Crippen LogP contribution >= 0.6 is 45.2 Å². The Morgan fingerprint density at radius 3 is 2.44 bits per heavy atom. The largest absolute Gasteiger partial charge is 0.460 e. The zero-order chi connectivity index (χ0) is 13.0. The summed E-state index contributed by atoms with van der Waals surface area (Å²) in [5, 5.41) is 0. The van der Waals surface area contributed by atoms with Crippen LogP contribution in [0.5, 0.6) is 0 Å². The molecule has 0 saturated heterocycles. The number of aryl methyl sites for hydroxylation is 1. The van der Waals surface area contributed by atoms with Crippen molar-refractivity contribution in [3.05, 3.63) is 45.2 Å². The van der Waals surface area contributed by atoms with Crippen molar-refractivity contribution in [2.75, 3.05) is 4.43 Å². The standard InChI is InChI=1S/C15H16I2O/c1-2-6-13-12(9-10-16)14(17)15(18-13)11-7-4-3-5-8-11/h3-5,7-8H,2,6,9-10H2,1H3. The molecule has 0 aliphatic rings. The summed E-state index contributed by atoms with van der Waals surface area (Å²) in [7, 11) is 0. The van der Waals surface area contributed by atoms with E-state index in [4.69, 9.17) is 4.42 Å². The van der Waals surface area contributed by atoms with Crippen molar-refractivity contribution in [2.24, 2.45) is 0 Å². The van der Waals surface area contributed by atoms with Crippen molar-refractivity contribution in [3.63, 3.8) is 0 Å². The Bertz CT molecular complexity index is 503. The van der Waals surface area contributed by atoms with Crippen LogP contribution in [0.4, 0.5) is 0 Å². The summed E-state index contributed by atoms with van der Waals surface area (Å²) < 4.78 is 8.54. The molecule has 1 aromatic carbocycles. The van der Waals surface area contributed by atoms with E-state index >= 15 is 0 Å². The maximum absolute atomic E-state index is 6.11. The molecule has 0 amide bonds. The SMILES string of the molecule is CCCc1oc(-c2ccccc2)c(I)c1CCI. The summed E-state index contributed by atoms with van der Waals surface area (Å²) in [4.78, 5) is 0. The van der Waals surface area contributed by atoms with E-state index in [-0.39, 0.29) is 0 Å². The van der Waals surface area contributed by atoms with Gasteiger partial charge < -0.3 is 4.42 Å². The number of alkyl halides is 1. The fourth-order valence-electron chi connectivity index (χ4n) is 2.04. The van der Waals surface area contributed by atoms with Crippen LogP contribution in [-0.4, -0.2) is 4.43 Å². The van der Waals surface area contributed by atoms with Crippen LogP contribution in [0.15, 0.2) is 34.7 Å². The predicted molar refractivity (Wildman–Crippen MR) is 93.4 cm³/mol. The van der Waals surface area contributed by atoms with Crippen LogP contribution in [0.3, 0.4) is 0 Å². The predicted octanol–water partition coefficient (Wildman–Crippen LogP) is 5.48. The number of halogens is 2. The maximum Gasteiger partial charge on any atom is 0.147 e. The molecule has 0 atom stereocenters. The number of benzene rings is 1. The van der Waals surface area contributed by atoms with Crippen molar-refractivity contribution in [3.8, 4) is 11.3 Å². The van der Waals surface area contributed by atoms with Gasteiger partial charge in [-0.15, -0.1) is 0 Å². The van der Waals surface area contributed by atoms with E-state index in [9.17, 15) is 0 Å². The van der Waals surface area contributed by atoms with Crippen LogP contribution in [0.1, 0.15) is 24.7 Å². The fraction of sp³-hybridized carbons (Fsp3) is 0.333. The third-order valence-electron chi connectivity index (χ3n) is 2.88. The topological polar surface area (TPSA) is 13.1 Å². The van der Waals surface area contributed by atoms with Gasteiger partial charge in [-0.1, -0.05) is 59.8 Å². The lowest BCUT2D eigenvalue weighted by Crippen LogP contribution is -1.92. The molecule has 0 bridgehead atoms. The summed E-state index contributed by atoms with van der Waals surface area (Å²) >= 11 is 4.86. The smallest absolute Gasteiger partial charge is 0.147 e. The summed E-state index contributed by atoms with van der Waals surface area (Å²) in [6.07, 6.45) is 3.27. The number of furan rings is 1. The quantitative estimate of drug-likeness (QED) is 0.421. The Balaban J connectivity index is 2.46. The zero-order valence-corrected chi connectivity index (χ0v) is 14.7. The second-order valence-electron chi connectivity index (χ2n) is 4.20. The van der Waals surface area contributed by atoms with Crippen molar-refractivity contribution in [1.82, 2.24) is 0 Å². The van der Waals surface area contributed by atoms with E-state index in [0.717, 1.165) is 29.5 Å². The molecule has 2 rings (SSSR count). The summed E-state index contributed by atoms with van der Waals surface area (Å²) in [6.45, 7) is 2.20. The van der Waals surface area contributed by atoms with Crippen molar-refractivity contribution < 1.29 is 4.42 Å². The Labute approximate surface area is 136 Å². The van der Waals surface area contributed by atoms with Crippen LogP contribution in [0.25, 0.3) is 11.3 Å². The minimum atomic E-state index is 1.04. The lowest BCUT2D eigenvalue weighted by molar-refractivity contribution is 0.514. The molecule has 2 aromatic rings. The van der Waals surface area contributed by atoms with Gasteiger partial charge in [-0.3, -0.25) is 0 Å². The van der Waals surface area contributed by atoms with E-state index in [0.29, 0.717) is 0 Å². The zero-order valence-electron chi connectivity index (χ0n) is 10.4. The van der Waals surface area contributed by atoms with Gasteiger partial charge >= 0.3 is 0 Å². The van der Waals surface area contributed by atoms with E-state index < -0.39 is 0 Å². The molecule has 0 saturated carbocycles. The highest BCUT2D eigenvalue weighted by molar-refractivity contribution is 14.1. The molecule has 0 N–H and O–H groups in total. The first-order chi connectivity index (χ1) is 8.77. The molecule has 0 radical (unpaired) electrons. The first-order valence-electron chi connectivity index (χ1n) is 6.19. The first-order valence-corrected chi connectivity index (χ1v) is 8.79. The number of hydrogen-bond acceptors (Lipinski definition) is 1. The molecule has 0 aliphatic carbocycles. The molecular weight excluding hydrogens is 450 g/mol. The minimum absolute atomic E-state index is 1.04. The second kappa shape index (κ2) is 6.93. The van der Waals surface area contributed by atoms with Crippen LogP contribution < -0.4 is 0 Å². The monoisotopic (exact) mass is 466 g/mol. The molecule has 0 fully saturated rings. The Morgan fingerprint density at radius 1 is 1.11 bits per heavy atom. The lowest BCUT2D eigenvalue weighted by Gasteiger charge is -1.98. The summed E-state index contributed by atoms with van der Waals surface area (Å²) in [6, 6.07) is 10.4. The van der Waals surface area contributed by atoms with Gasteiger partial charge in [0.05, 0.1) is 3.57 Å². The molecule has 96 valence electrons. The van der Waals surface area contributed by atoms with Gasteiger partial charge in [-0.05, 0) is 35.4 Å². The Hall–Kier alpha value is -0.0400. The van der Waals surface area contributed by atoms with E-state index in [2.05, 4.69) is 76.4 Å². The van der Waals surface area contributed by atoms with Gasteiger partial charge in [-0.25, -0.2) is 0 Å². The third-order valence-corrected chi connectivity index (χ3v) is 4.56. The second-order valence-corrected chi connectivity index (χ2v) is 6.36. The van der Waals surface area contributed by atoms with E-state index in [1.165, 1.54) is 20.5 Å². The molecular formula is C15H16I2O. The third kappa shape index (κ3) is 3.10. The highest BCUT2D eigenvalue weighted by atomic mass is 127. The first kappa shape index (κ1) is 14.4. The molecule has 1 heterocycles. The van der Waals surface area contributed by atoms with E-state index in [1.807, 2.05) is 6.07 Å². The number of hydrogen-bond donors (Lipinski definition) is 0. The molecule has 1 nitrogen and oxygen atoms in total. The van der Waals surface area contributed by atoms with Gasteiger partial charge in [-0.2, -0.15) is 0 Å². The van der Waals surface area contributed by atoms with Crippen molar-refractivity contribution in [1.29, 1.82) is 0 Å². The maximum atomic E-state index is 6.11. The highest BCUT2D eigenvalue weighted by Crippen LogP contribution is 2.34. The molecule has 3 heteroatoms. The molecule has 0 aliphatic heterocycles. The summed E-state index contributed by atoms with van der Waals surface area (Å²) in [5.74, 6) is 2.22. The molecule has 0 spiro atoms. The molecule has 0 unspecified atom stereocenters. The lowest BCUT2D eigenvalue weighted by atomic mass is 10.1. The van der Waals surface area contributed by atoms with Crippen LogP contribution in [0, 0.1) is 3.57 Å². The average Bonchev–Trinajstić information content (AvgIpc) is 2.70. The van der Waals surface area contributed by atoms with Crippen molar-refractivity contribution in [2.45, 2.75) is 26.2 Å². The van der Waals surface area contributed by atoms with Gasteiger partial charge in [0.1, 0.15) is 11.5 Å². The number of rotatable bonds is 5.